The van der Waals surface area contributed by atoms with Crippen molar-refractivity contribution < 1.29 is 9.59 Å². The van der Waals surface area contributed by atoms with Crippen molar-refractivity contribution >= 4 is 17.4 Å². The van der Waals surface area contributed by atoms with Crippen LogP contribution < -0.4 is 5.32 Å². The van der Waals surface area contributed by atoms with Gasteiger partial charge in [0.1, 0.15) is 0 Å². The Balaban J connectivity index is 2.10. The van der Waals surface area contributed by atoms with Gasteiger partial charge in [0.2, 0.25) is 0 Å². The number of carbonyl (C=O) groups is 2. The number of amides is 1. The smallest absolute Gasteiger partial charge is 0.255 e. The highest BCUT2D eigenvalue weighted by Crippen LogP contribution is 2.11. The molecule has 0 radical (unpaired) electrons. The van der Waals surface area contributed by atoms with Gasteiger partial charge in [0.25, 0.3) is 5.91 Å². The fraction of sp³-hybridized carbons (Fsp3) is 0.0714. The number of nitrogens with one attached hydrogen (secondary N) is 1. The van der Waals surface area contributed by atoms with Crippen LogP contribution in [0.1, 0.15) is 27.6 Å². The highest BCUT2D eigenvalue weighted by Gasteiger charge is 2.05. The van der Waals surface area contributed by atoms with Crippen LogP contribution in [0.4, 0.5) is 5.69 Å². The molecule has 4 heteroatoms. The van der Waals surface area contributed by atoms with Crippen LogP contribution in [0.25, 0.3) is 0 Å². The predicted octanol–water partition coefficient (Wildman–Crippen LogP) is 2.54. The van der Waals surface area contributed by atoms with Gasteiger partial charge in [-0.1, -0.05) is 0 Å². The summed E-state index contributed by atoms with van der Waals surface area (Å²) in [7, 11) is 0. The molecule has 4 nitrogen and oxygen atoms in total. The Hall–Kier alpha value is -2.49. The number of aromatic nitrogens is 1. The zero-order valence-electron chi connectivity index (χ0n) is 9.88. The van der Waals surface area contributed by atoms with E-state index < -0.39 is 0 Å². The summed E-state index contributed by atoms with van der Waals surface area (Å²) >= 11 is 0. The molecule has 0 unspecified atom stereocenters. The quantitative estimate of drug-likeness (QED) is 0.839. The molecule has 0 fully saturated rings. The average molecular weight is 240 g/mol. The van der Waals surface area contributed by atoms with Crippen LogP contribution in [0.5, 0.6) is 0 Å². The summed E-state index contributed by atoms with van der Waals surface area (Å²) in [6.07, 6.45) is 3.13. The first kappa shape index (κ1) is 12.0. The number of hydrogen-bond acceptors (Lipinski definition) is 3. The molecule has 2 rings (SSSR count). The molecule has 0 aliphatic rings. The molecule has 90 valence electrons. The molecule has 0 spiro atoms. The van der Waals surface area contributed by atoms with E-state index in [1.807, 2.05) is 0 Å². The van der Waals surface area contributed by atoms with Crippen LogP contribution in [-0.2, 0) is 0 Å². The molecule has 1 aromatic heterocycles. The molecule has 0 bridgehead atoms. The van der Waals surface area contributed by atoms with Crippen LogP contribution in [0, 0.1) is 0 Å². The Morgan fingerprint density at radius 2 is 1.56 bits per heavy atom. The van der Waals surface area contributed by atoms with Gasteiger partial charge < -0.3 is 5.32 Å². The van der Waals surface area contributed by atoms with Gasteiger partial charge in [-0.2, -0.15) is 0 Å². The molecule has 0 saturated heterocycles. The van der Waals surface area contributed by atoms with Crippen molar-refractivity contribution in [3.05, 3.63) is 59.9 Å². The first-order valence-electron chi connectivity index (χ1n) is 5.49. The highest BCUT2D eigenvalue weighted by molar-refractivity contribution is 6.04. The maximum atomic E-state index is 11.8. The summed E-state index contributed by atoms with van der Waals surface area (Å²) in [6, 6.07) is 10.1. The van der Waals surface area contributed by atoms with E-state index in [1.165, 1.54) is 6.92 Å². The summed E-state index contributed by atoms with van der Waals surface area (Å²) in [6.45, 7) is 1.50. The summed E-state index contributed by atoms with van der Waals surface area (Å²) < 4.78 is 0. The van der Waals surface area contributed by atoms with E-state index >= 15 is 0 Å². The number of benzene rings is 1. The number of anilines is 1. The van der Waals surface area contributed by atoms with Gasteiger partial charge in [0, 0.05) is 29.2 Å². The molecule has 0 aliphatic carbocycles. The molecule has 1 aromatic carbocycles. The van der Waals surface area contributed by atoms with E-state index in [-0.39, 0.29) is 11.7 Å². The lowest BCUT2D eigenvalue weighted by Crippen LogP contribution is -2.11. The van der Waals surface area contributed by atoms with Crippen molar-refractivity contribution in [2.45, 2.75) is 6.92 Å². The molecule has 2 aromatic rings. The Morgan fingerprint density at radius 3 is 2.11 bits per heavy atom. The second-order valence-electron chi connectivity index (χ2n) is 3.82. The number of hydrogen-bond donors (Lipinski definition) is 1. The van der Waals surface area contributed by atoms with Crippen molar-refractivity contribution in [1.29, 1.82) is 0 Å². The largest absolute Gasteiger partial charge is 0.322 e. The SMILES string of the molecule is CC(=O)c1ccc(NC(=O)c2ccncc2)cc1. The zero-order chi connectivity index (χ0) is 13.0. The molecule has 0 aliphatic heterocycles. The molecule has 0 saturated carbocycles. The summed E-state index contributed by atoms with van der Waals surface area (Å²) in [5.74, 6) is -0.199. The molecular weight excluding hydrogens is 228 g/mol. The van der Waals surface area contributed by atoms with Crippen molar-refractivity contribution in [3.8, 4) is 0 Å². The van der Waals surface area contributed by atoms with E-state index in [0.717, 1.165) is 0 Å². The second kappa shape index (κ2) is 5.23. The summed E-state index contributed by atoms with van der Waals surface area (Å²) in [5, 5.41) is 2.75. The van der Waals surface area contributed by atoms with Crippen LogP contribution in [-0.4, -0.2) is 16.7 Å². The van der Waals surface area contributed by atoms with E-state index in [0.29, 0.717) is 16.8 Å². The lowest BCUT2D eigenvalue weighted by Gasteiger charge is -2.05. The lowest BCUT2D eigenvalue weighted by atomic mass is 10.1. The van der Waals surface area contributed by atoms with Crippen LogP contribution in [0.2, 0.25) is 0 Å². The van der Waals surface area contributed by atoms with Gasteiger partial charge in [0.15, 0.2) is 5.78 Å². The van der Waals surface area contributed by atoms with Crippen LogP contribution >= 0.6 is 0 Å². The van der Waals surface area contributed by atoms with E-state index in [1.54, 1.807) is 48.8 Å². The second-order valence-corrected chi connectivity index (χ2v) is 3.82. The summed E-state index contributed by atoms with van der Waals surface area (Å²) in [4.78, 5) is 26.8. The minimum Gasteiger partial charge on any atom is -0.322 e. The Labute approximate surface area is 105 Å². The Bertz CT molecular complexity index is 562. The van der Waals surface area contributed by atoms with Crippen molar-refractivity contribution in [1.82, 2.24) is 4.98 Å². The van der Waals surface area contributed by atoms with Gasteiger partial charge >= 0.3 is 0 Å². The van der Waals surface area contributed by atoms with E-state index in [4.69, 9.17) is 0 Å². The van der Waals surface area contributed by atoms with Crippen molar-refractivity contribution in [2.75, 3.05) is 5.32 Å². The number of Topliss-reactive ketones (excluding diaryl/α,β-unsaturated/α-hetero) is 1. The average Bonchev–Trinajstić information content (AvgIpc) is 2.40. The maximum absolute atomic E-state index is 11.8. The number of ketones is 1. The number of rotatable bonds is 3. The fourth-order valence-corrected chi connectivity index (χ4v) is 1.49. The summed E-state index contributed by atoms with van der Waals surface area (Å²) in [5.41, 5.74) is 1.82. The first-order chi connectivity index (χ1) is 8.66. The van der Waals surface area contributed by atoms with E-state index in [2.05, 4.69) is 10.3 Å². The third kappa shape index (κ3) is 2.79. The molecule has 18 heavy (non-hydrogen) atoms. The molecule has 0 atom stereocenters. The monoisotopic (exact) mass is 240 g/mol. The number of pyridine rings is 1. The van der Waals surface area contributed by atoms with Gasteiger partial charge in [-0.15, -0.1) is 0 Å². The Morgan fingerprint density at radius 1 is 0.944 bits per heavy atom. The Kier molecular flexibility index (Phi) is 3.48. The fourth-order valence-electron chi connectivity index (χ4n) is 1.49. The number of carbonyl (C=O) groups excluding carboxylic acids is 2. The van der Waals surface area contributed by atoms with E-state index in [9.17, 15) is 9.59 Å². The molecular formula is C14H12N2O2. The third-order valence-electron chi connectivity index (χ3n) is 2.49. The molecule has 1 amide bonds. The van der Waals surface area contributed by atoms with Crippen LogP contribution in [0.15, 0.2) is 48.8 Å². The maximum Gasteiger partial charge on any atom is 0.255 e. The predicted molar refractivity (Wildman–Crippen MR) is 68.6 cm³/mol. The topological polar surface area (TPSA) is 59.1 Å². The first-order valence-corrected chi connectivity index (χ1v) is 5.49. The normalized spacial score (nSPS) is 9.83. The van der Waals surface area contributed by atoms with Gasteiger partial charge in [-0.3, -0.25) is 14.6 Å². The van der Waals surface area contributed by atoms with Crippen LogP contribution in [0.3, 0.4) is 0 Å². The number of nitrogens with zero attached hydrogens (tertiary/aromatic N) is 1. The zero-order valence-corrected chi connectivity index (χ0v) is 9.88. The van der Waals surface area contributed by atoms with Gasteiger partial charge in [-0.05, 0) is 43.3 Å². The van der Waals surface area contributed by atoms with Gasteiger partial charge in [-0.25, -0.2) is 0 Å². The lowest BCUT2D eigenvalue weighted by molar-refractivity contribution is 0.101. The van der Waals surface area contributed by atoms with Crippen molar-refractivity contribution in [3.63, 3.8) is 0 Å². The van der Waals surface area contributed by atoms with Crippen molar-refractivity contribution in [2.24, 2.45) is 0 Å². The minimum atomic E-state index is -0.201. The van der Waals surface area contributed by atoms with Gasteiger partial charge in [0.05, 0.1) is 0 Å². The minimum absolute atomic E-state index is 0.00186. The standard InChI is InChI=1S/C14H12N2O2/c1-10(17)11-2-4-13(5-3-11)16-14(18)12-6-8-15-9-7-12/h2-9H,1H3,(H,16,18). The molecule has 1 N–H and O–H groups in total. The molecule has 1 heterocycles. The third-order valence-corrected chi connectivity index (χ3v) is 2.49. The highest BCUT2D eigenvalue weighted by atomic mass is 16.1.